The molecule has 0 aromatic heterocycles. The van der Waals surface area contributed by atoms with Gasteiger partial charge in [0, 0.05) is 23.6 Å². The number of rotatable bonds is 4. The molecule has 2 aromatic rings. The molecule has 0 bridgehead atoms. The molecule has 0 saturated carbocycles. The molecule has 0 aliphatic heterocycles. The van der Waals surface area contributed by atoms with Crippen LogP contribution in [0.2, 0.25) is 0 Å². The summed E-state index contributed by atoms with van der Waals surface area (Å²) in [7, 11) is 0. The van der Waals surface area contributed by atoms with Crippen LogP contribution >= 0.6 is 15.9 Å². The van der Waals surface area contributed by atoms with Crippen LogP contribution in [0.5, 0.6) is 0 Å². The van der Waals surface area contributed by atoms with E-state index in [0.717, 1.165) is 21.4 Å². The van der Waals surface area contributed by atoms with Gasteiger partial charge in [0.15, 0.2) is 0 Å². The molecule has 5 heteroatoms. The largest absolute Gasteiger partial charge is 0.380 e. The number of anilines is 2. The van der Waals surface area contributed by atoms with Gasteiger partial charge in [-0.25, -0.2) is 0 Å². The van der Waals surface area contributed by atoms with Crippen molar-refractivity contribution in [2.75, 3.05) is 10.6 Å². The third-order valence-corrected chi connectivity index (χ3v) is 3.35. The lowest BCUT2D eigenvalue weighted by molar-refractivity contribution is -0.114. The van der Waals surface area contributed by atoms with E-state index in [4.69, 9.17) is 5.26 Å². The number of carbonyl (C=O) groups is 1. The summed E-state index contributed by atoms with van der Waals surface area (Å²) in [5.41, 5.74) is 3.23. The van der Waals surface area contributed by atoms with Crippen LogP contribution in [-0.4, -0.2) is 5.91 Å². The van der Waals surface area contributed by atoms with E-state index in [1.807, 2.05) is 36.4 Å². The maximum atomic E-state index is 10.9. The lowest BCUT2D eigenvalue weighted by Gasteiger charge is -2.09. The second-order valence-electron chi connectivity index (χ2n) is 4.53. The van der Waals surface area contributed by atoms with E-state index in [9.17, 15) is 4.79 Å². The van der Waals surface area contributed by atoms with Crippen LogP contribution in [-0.2, 0) is 11.3 Å². The van der Waals surface area contributed by atoms with Crippen molar-refractivity contribution in [3.8, 4) is 6.07 Å². The maximum absolute atomic E-state index is 10.9. The Labute approximate surface area is 131 Å². The molecule has 0 aliphatic carbocycles. The molecule has 1 amide bonds. The standard InChI is InChI=1S/C16H14BrN3O/c1-11(21)20-15-5-2-12(3-6-15)10-19-16-7-4-14(17)8-13(16)9-18/h2-8,19H,10H2,1H3,(H,20,21). The molecule has 0 saturated heterocycles. The molecule has 106 valence electrons. The zero-order valence-corrected chi connectivity index (χ0v) is 13.1. The van der Waals surface area contributed by atoms with Gasteiger partial charge in [-0.1, -0.05) is 28.1 Å². The summed E-state index contributed by atoms with van der Waals surface area (Å²) in [6.45, 7) is 2.09. The Balaban J connectivity index is 2.03. The van der Waals surface area contributed by atoms with Crippen molar-refractivity contribution < 1.29 is 4.79 Å². The summed E-state index contributed by atoms with van der Waals surface area (Å²) < 4.78 is 0.879. The molecule has 0 fully saturated rings. The summed E-state index contributed by atoms with van der Waals surface area (Å²) in [5, 5.41) is 15.1. The van der Waals surface area contributed by atoms with Gasteiger partial charge < -0.3 is 10.6 Å². The lowest BCUT2D eigenvalue weighted by atomic mass is 10.1. The van der Waals surface area contributed by atoms with E-state index >= 15 is 0 Å². The zero-order valence-electron chi connectivity index (χ0n) is 11.5. The average molecular weight is 344 g/mol. The molecule has 2 rings (SSSR count). The first-order valence-electron chi connectivity index (χ1n) is 6.38. The molecular weight excluding hydrogens is 330 g/mol. The van der Waals surface area contributed by atoms with Gasteiger partial charge in [0.2, 0.25) is 5.91 Å². The van der Waals surface area contributed by atoms with Crippen LogP contribution in [0.25, 0.3) is 0 Å². The highest BCUT2D eigenvalue weighted by Gasteiger charge is 2.03. The van der Waals surface area contributed by atoms with Gasteiger partial charge in [-0.15, -0.1) is 0 Å². The normalized spacial score (nSPS) is 9.76. The topological polar surface area (TPSA) is 64.9 Å². The second-order valence-corrected chi connectivity index (χ2v) is 5.45. The number of nitrogens with zero attached hydrogens (tertiary/aromatic N) is 1. The SMILES string of the molecule is CC(=O)Nc1ccc(CNc2ccc(Br)cc2C#N)cc1. The number of amides is 1. The number of halogens is 1. The summed E-state index contributed by atoms with van der Waals surface area (Å²) in [6, 6.07) is 15.3. The molecule has 0 unspecified atom stereocenters. The van der Waals surface area contributed by atoms with Crippen molar-refractivity contribution >= 4 is 33.2 Å². The molecule has 2 N–H and O–H groups in total. The molecule has 21 heavy (non-hydrogen) atoms. The minimum atomic E-state index is -0.0885. The van der Waals surface area contributed by atoms with Gasteiger partial charge in [-0.3, -0.25) is 4.79 Å². The monoisotopic (exact) mass is 343 g/mol. The van der Waals surface area contributed by atoms with Gasteiger partial charge in [-0.2, -0.15) is 5.26 Å². The summed E-state index contributed by atoms with van der Waals surface area (Å²) in [4.78, 5) is 10.9. The van der Waals surface area contributed by atoms with Crippen LogP contribution in [0, 0.1) is 11.3 Å². The summed E-state index contributed by atoms with van der Waals surface area (Å²) in [5.74, 6) is -0.0885. The van der Waals surface area contributed by atoms with Crippen molar-refractivity contribution in [1.82, 2.24) is 0 Å². The fourth-order valence-corrected chi connectivity index (χ4v) is 2.23. The van der Waals surface area contributed by atoms with Crippen LogP contribution in [0.1, 0.15) is 18.1 Å². The molecule has 0 heterocycles. The number of carbonyl (C=O) groups excluding carboxylic acids is 1. The van der Waals surface area contributed by atoms with Gasteiger partial charge in [0.05, 0.1) is 11.3 Å². The van der Waals surface area contributed by atoms with Crippen LogP contribution < -0.4 is 10.6 Å². The highest BCUT2D eigenvalue weighted by molar-refractivity contribution is 9.10. The lowest BCUT2D eigenvalue weighted by Crippen LogP contribution is -2.06. The van der Waals surface area contributed by atoms with E-state index in [-0.39, 0.29) is 5.91 Å². The molecule has 2 aromatic carbocycles. The first kappa shape index (κ1) is 15.1. The average Bonchev–Trinajstić information content (AvgIpc) is 2.46. The van der Waals surface area contributed by atoms with Gasteiger partial charge in [-0.05, 0) is 35.9 Å². The number of nitriles is 1. The molecule has 0 atom stereocenters. The Morgan fingerprint density at radius 1 is 1.24 bits per heavy atom. The third kappa shape index (κ3) is 4.33. The fourth-order valence-electron chi connectivity index (χ4n) is 1.87. The van der Waals surface area contributed by atoms with Crippen LogP contribution in [0.15, 0.2) is 46.9 Å². The first-order valence-corrected chi connectivity index (χ1v) is 7.18. The third-order valence-electron chi connectivity index (χ3n) is 2.86. The van der Waals surface area contributed by atoms with Gasteiger partial charge >= 0.3 is 0 Å². The fraction of sp³-hybridized carbons (Fsp3) is 0.125. The Hall–Kier alpha value is -2.32. The number of nitrogens with one attached hydrogen (secondary N) is 2. The quantitative estimate of drug-likeness (QED) is 0.884. The van der Waals surface area contributed by atoms with Crippen molar-refractivity contribution in [2.45, 2.75) is 13.5 Å². The first-order chi connectivity index (χ1) is 10.1. The van der Waals surface area contributed by atoms with E-state index in [1.165, 1.54) is 6.92 Å². The minimum Gasteiger partial charge on any atom is -0.380 e. The van der Waals surface area contributed by atoms with Crippen molar-refractivity contribution in [2.24, 2.45) is 0 Å². The highest BCUT2D eigenvalue weighted by Crippen LogP contribution is 2.21. The Kier molecular flexibility index (Phi) is 4.96. The predicted octanol–water partition coefficient (Wildman–Crippen LogP) is 3.89. The van der Waals surface area contributed by atoms with Crippen LogP contribution in [0.4, 0.5) is 11.4 Å². The Morgan fingerprint density at radius 2 is 1.95 bits per heavy atom. The molecule has 0 aliphatic rings. The zero-order chi connectivity index (χ0) is 15.2. The minimum absolute atomic E-state index is 0.0885. The maximum Gasteiger partial charge on any atom is 0.221 e. The number of hydrogen-bond acceptors (Lipinski definition) is 3. The van der Waals surface area contributed by atoms with E-state index in [0.29, 0.717) is 12.1 Å². The number of benzene rings is 2. The van der Waals surface area contributed by atoms with Gasteiger partial charge in [0.1, 0.15) is 6.07 Å². The molecule has 0 radical (unpaired) electrons. The van der Waals surface area contributed by atoms with E-state index in [2.05, 4.69) is 32.6 Å². The van der Waals surface area contributed by atoms with E-state index in [1.54, 1.807) is 6.07 Å². The predicted molar refractivity (Wildman–Crippen MR) is 86.9 cm³/mol. The molecule has 4 nitrogen and oxygen atoms in total. The van der Waals surface area contributed by atoms with Crippen LogP contribution in [0.3, 0.4) is 0 Å². The van der Waals surface area contributed by atoms with Gasteiger partial charge in [0.25, 0.3) is 0 Å². The molecular formula is C16H14BrN3O. The highest BCUT2D eigenvalue weighted by atomic mass is 79.9. The second kappa shape index (κ2) is 6.91. The molecule has 0 spiro atoms. The Morgan fingerprint density at radius 3 is 2.57 bits per heavy atom. The summed E-state index contributed by atoms with van der Waals surface area (Å²) >= 11 is 3.35. The van der Waals surface area contributed by atoms with Crippen molar-refractivity contribution in [1.29, 1.82) is 5.26 Å². The van der Waals surface area contributed by atoms with Crippen molar-refractivity contribution in [3.05, 3.63) is 58.1 Å². The Bertz CT molecular complexity index is 690. The summed E-state index contributed by atoms with van der Waals surface area (Å²) in [6.07, 6.45) is 0. The smallest absolute Gasteiger partial charge is 0.221 e. The number of hydrogen-bond donors (Lipinski definition) is 2. The van der Waals surface area contributed by atoms with E-state index < -0.39 is 0 Å². The van der Waals surface area contributed by atoms with Crippen molar-refractivity contribution in [3.63, 3.8) is 0 Å².